The Balaban J connectivity index is 1.83. The van der Waals surface area contributed by atoms with E-state index in [4.69, 9.17) is 28.9 Å². The van der Waals surface area contributed by atoms with Gasteiger partial charge in [0.05, 0.1) is 15.7 Å². The number of hydrogen-bond acceptors (Lipinski definition) is 2. The first kappa shape index (κ1) is 18.1. The number of likely N-dealkylation sites (N-methyl/N-ethyl adjacent to an activating group) is 1. The summed E-state index contributed by atoms with van der Waals surface area (Å²) < 4.78 is 0. The molecule has 2 aromatic rings. The highest BCUT2D eigenvalue weighted by Crippen LogP contribution is 2.29. The van der Waals surface area contributed by atoms with Crippen molar-refractivity contribution in [1.29, 1.82) is 0 Å². The molecule has 0 amide bonds. The van der Waals surface area contributed by atoms with Crippen molar-refractivity contribution in [3.8, 4) is 0 Å². The maximum absolute atomic E-state index is 6.09. The predicted molar refractivity (Wildman–Crippen MR) is 101 cm³/mol. The molecule has 0 fully saturated rings. The van der Waals surface area contributed by atoms with Crippen LogP contribution in [0.2, 0.25) is 10.0 Å². The summed E-state index contributed by atoms with van der Waals surface area (Å²) in [5.41, 5.74) is 8.75. The Labute approximate surface area is 149 Å². The van der Waals surface area contributed by atoms with Crippen LogP contribution in [0.15, 0.2) is 42.5 Å². The molecule has 124 valence electrons. The lowest BCUT2D eigenvalue weighted by atomic mass is 10.0. The highest BCUT2D eigenvalue weighted by molar-refractivity contribution is 6.38. The number of benzene rings is 2. The molecule has 1 unspecified atom stereocenters. The van der Waals surface area contributed by atoms with E-state index >= 15 is 0 Å². The quantitative estimate of drug-likeness (QED) is 0.706. The van der Waals surface area contributed by atoms with Crippen LogP contribution in [-0.2, 0) is 12.8 Å². The summed E-state index contributed by atoms with van der Waals surface area (Å²) in [6, 6.07) is 15.0. The van der Waals surface area contributed by atoms with Crippen LogP contribution < -0.4 is 5.73 Å². The molecule has 2 rings (SSSR count). The topological polar surface area (TPSA) is 29.3 Å². The monoisotopic (exact) mass is 350 g/mol. The molecule has 1 atom stereocenters. The Bertz CT molecular complexity index is 606. The van der Waals surface area contributed by atoms with Gasteiger partial charge in [0.1, 0.15) is 0 Å². The fraction of sp³-hybridized carbons (Fsp3) is 0.368. The van der Waals surface area contributed by atoms with Crippen molar-refractivity contribution in [2.75, 3.05) is 19.3 Å². The lowest BCUT2D eigenvalue weighted by molar-refractivity contribution is 0.249. The van der Waals surface area contributed by atoms with E-state index in [1.54, 1.807) is 0 Å². The summed E-state index contributed by atoms with van der Waals surface area (Å²) in [5.74, 6) is 0. The van der Waals surface area contributed by atoms with Gasteiger partial charge in [-0.1, -0.05) is 53.5 Å². The first-order valence-corrected chi connectivity index (χ1v) is 8.70. The molecule has 23 heavy (non-hydrogen) atoms. The van der Waals surface area contributed by atoms with E-state index in [1.807, 2.05) is 12.1 Å². The van der Waals surface area contributed by atoms with Crippen LogP contribution in [0, 0.1) is 0 Å². The standard InChI is InChI=1S/C19H24Cl2N2/c1-14(8-9-15-6-4-3-5-7-15)23(2)11-10-16-12-17(20)19(22)18(21)13-16/h3-7,12-14H,8-11,22H2,1-2H3. The number of rotatable bonds is 7. The summed E-state index contributed by atoms with van der Waals surface area (Å²) in [5, 5.41) is 1.07. The number of halogens is 2. The van der Waals surface area contributed by atoms with Crippen molar-refractivity contribution in [3.05, 3.63) is 63.6 Å². The molecular weight excluding hydrogens is 327 g/mol. The van der Waals surface area contributed by atoms with Crippen LogP contribution in [0.1, 0.15) is 24.5 Å². The highest BCUT2D eigenvalue weighted by atomic mass is 35.5. The first-order valence-electron chi connectivity index (χ1n) is 7.95. The minimum atomic E-state index is 0.460. The zero-order valence-electron chi connectivity index (χ0n) is 13.7. The molecule has 2 nitrogen and oxygen atoms in total. The van der Waals surface area contributed by atoms with Gasteiger partial charge in [0.15, 0.2) is 0 Å². The molecule has 0 saturated carbocycles. The maximum Gasteiger partial charge on any atom is 0.0693 e. The van der Waals surface area contributed by atoms with Gasteiger partial charge in [0.25, 0.3) is 0 Å². The molecule has 0 heterocycles. The van der Waals surface area contributed by atoms with Crippen LogP contribution in [0.5, 0.6) is 0 Å². The Morgan fingerprint density at radius 2 is 1.61 bits per heavy atom. The van der Waals surface area contributed by atoms with Crippen molar-refractivity contribution in [1.82, 2.24) is 4.90 Å². The fourth-order valence-corrected chi connectivity index (χ4v) is 3.08. The number of aryl methyl sites for hydroxylation is 1. The van der Waals surface area contributed by atoms with Crippen LogP contribution in [0.4, 0.5) is 5.69 Å². The normalized spacial score (nSPS) is 12.6. The molecule has 2 aromatic carbocycles. The minimum Gasteiger partial charge on any atom is -0.396 e. The Morgan fingerprint density at radius 1 is 1.00 bits per heavy atom. The highest BCUT2D eigenvalue weighted by Gasteiger charge is 2.11. The van der Waals surface area contributed by atoms with Gasteiger partial charge in [0, 0.05) is 12.6 Å². The van der Waals surface area contributed by atoms with Gasteiger partial charge in [-0.25, -0.2) is 0 Å². The molecule has 2 N–H and O–H groups in total. The molecule has 4 heteroatoms. The van der Waals surface area contributed by atoms with Crippen LogP contribution >= 0.6 is 23.2 Å². The number of nitrogen functional groups attached to an aromatic ring is 1. The number of nitrogens with zero attached hydrogens (tertiary/aromatic N) is 1. The van der Waals surface area contributed by atoms with E-state index in [2.05, 4.69) is 49.2 Å². The van der Waals surface area contributed by atoms with Crippen LogP contribution in [0.3, 0.4) is 0 Å². The van der Waals surface area contributed by atoms with E-state index in [1.165, 1.54) is 5.56 Å². The first-order chi connectivity index (χ1) is 11.0. The van der Waals surface area contributed by atoms with E-state index in [0.717, 1.165) is 31.4 Å². The summed E-state index contributed by atoms with van der Waals surface area (Å²) in [6.07, 6.45) is 3.15. The van der Waals surface area contributed by atoms with Crippen molar-refractivity contribution in [3.63, 3.8) is 0 Å². The SMILES string of the molecule is CC(CCc1ccccc1)N(C)CCc1cc(Cl)c(N)c(Cl)c1. The number of anilines is 1. The van der Waals surface area contributed by atoms with Gasteiger partial charge < -0.3 is 10.6 Å². The third kappa shape index (κ3) is 5.42. The molecule has 0 saturated heterocycles. The van der Waals surface area contributed by atoms with Gasteiger partial charge in [-0.3, -0.25) is 0 Å². The molecule has 0 aliphatic carbocycles. The fourth-order valence-electron chi connectivity index (χ4n) is 2.55. The summed E-state index contributed by atoms with van der Waals surface area (Å²) >= 11 is 12.2. The Morgan fingerprint density at radius 3 is 2.22 bits per heavy atom. The summed E-state index contributed by atoms with van der Waals surface area (Å²) in [6.45, 7) is 3.23. The van der Waals surface area contributed by atoms with Gasteiger partial charge in [-0.05, 0) is 56.5 Å². The van der Waals surface area contributed by atoms with Crippen molar-refractivity contribution in [2.45, 2.75) is 32.2 Å². The zero-order valence-corrected chi connectivity index (χ0v) is 15.2. The third-order valence-electron chi connectivity index (χ3n) is 4.34. The third-order valence-corrected chi connectivity index (χ3v) is 4.96. The molecule has 0 aromatic heterocycles. The molecule has 0 aliphatic heterocycles. The Hall–Kier alpha value is -1.22. The lowest BCUT2D eigenvalue weighted by Gasteiger charge is -2.25. The van der Waals surface area contributed by atoms with E-state index < -0.39 is 0 Å². The molecule has 0 radical (unpaired) electrons. The second-order valence-corrected chi connectivity index (χ2v) is 6.89. The van der Waals surface area contributed by atoms with E-state index in [-0.39, 0.29) is 0 Å². The van der Waals surface area contributed by atoms with E-state index in [0.29, 0.717) is 21.8 Å². The Kier molecular flexibility index (Phi) is 6.76. The lowest BCUT2D eigenvalue weighted by Crippen LogP contribution is -2.31. The largest absolute Gasteiger partial charge is 0.396 e. The number of nitrogens with two attached hydrogens (primary N) is 1. The molecule has 0 spiro atoms. The zero-order chi connectivity index (χ0) is 16.8. The second-order valence-electron chi connectivity index (χ2n) is 6.08. The second kappa shape index (κ2) is 8.58. The van der Waals surface area contributed by atoms with Gasteiger partial charge in [-0.2, -0.15) is 0 Å². The van der Waals surface area contributed by atoms with Crippen LogP contribution in [0.25, 0.3) is 0 Å². The van der Waals surface area contributed by atoms with Gasteiger partial charge >= 0.3 is 0 Å². The summed E-state index contributed by atoms with van der Waals surface area (Å²) in [7, 11) is 2.16. The average molecular weight is 351 g/mol. The number of hydrogen-bond donors (Lipinski definition) is 1. The van der Waals surface area contributed by atoms with Crippen LogP contribution in [-0.4, -0.2) is 24.5 Å². The van der Waals surface area contributed by atoms with Crippen molar-refractivity contribution >= 4 is 28.9 Å². The van der Waals surface area contributed by atoms with Crippen molar-refractivity contribution < 1.29 is 0 Å². The van der Waals surface area contributed by atoms with Crippen molar-refractivity contribution in [2.24, 2.45) is 0 Å². The van der Waals surface area contributed by atoms with E-state index in [9.17, 15) is 0 Å². The van der Waals surface area contributed by atoms with Gasteiger partial charge in [0.2, 0.25) is 0 Å². The van der Waals surface area contributed by atoms with Gasteiger partial charge in [-0.15, -0.1) is 0 Å². The molecular formula is C19H24Cl2N2. The summed E-state index contributed by atoms with van der Waals surface area (Å²) in [4.78, 5) is 2.38. The predicted octanol–water partition coefficient (Wildman–Crippen LogP) is 5.07. The minimum absolute atomic E-state index is 0.460. The molecule has 0 bridgehead atoms. The smallest absolute Gasteiger partial charge is 0.0693 e. The maximum atomic E-state index is 6.09. The average Bonchev–Trinajstić information content (AvgIpc) is 2.56. The molecule has 0 aliphatic rings.